The zero-order valence-electron chi connectivity index (χ0n) is 34.1. The number of hydrogen-bond donors (Lipinski definition) is 5. The second kappa shape index (κ2) is 20.1. The van der Waals surface area contributed by atoms with Gasteiger partial charge in [-0.1, -0.05) is 48.5 Å². The van der Waals surface area contributed by atoms with Crippen molar-refractivity contribution in [2.45, 2.75) is 24.6 Å². The maximum atomic E-state index is 13.4. The molecule has 6 aromatic rings. The fourth-order valence-corrected chi connectivity index (χ4v) is 7.76. The van der Waals surface area contributed by atoms with Gasteiger partial charge in [0.05, 0.1) is 37.4 Å². The van der Waals surface area contributed by atoms with Crippen molar-refractivity contribution in [3.63, 3.8) is 0 Å². The molecule has 0 aliphatic carbocycles. The molecule has 348 valence electrons. The first kappa shape index (κ1) is 51.7. The molecular weight excluding hydrogens is 975 g/mol. The zero-order chi connectivity index (χ0) is 47.9. The Kier molecular flexibility index (Phi) is 15.5. The Labute approximate surface area is 414 Å². The molecule has 2 saturated heterocycles. The molecule has 18 nitrogen and oxygen atoms in total. The van der Waals surface area contributed by atoms with Crippen LogP contribution in [0.4, 0.5) is 47.3 Å². The topological polar surface area (TPSA) is 261 Å². The summed E-state index contributed by atoms with van der Waals surface area (Å²) in [6, 6.07) is 21.2. The van der Waals surface area contributed by atoms with Gasteiger partial charge >= 0.3 is 83.7 Å². The number of aromatic nitrogens is 2. The number of cyclic esters (lactones) is 2. The predicted molar refractivity (Wildman–Crippen MR) is 219 cm³/mol. The molecule has 67 heavy (non-hydrogen) atoms. The van der Waals surface area contributed by atoms with E-state index in [2.05, 4.69) is 19.0 Å². The van der Waals surface area contributed by atoms with E-state index in [1.807, 2.05) is 0 Å². The van der Waals surface area contributed by atoms with Gasteiger partial charge in [0.25, 0.3) is 18.9 Å². The number of fused-ring (bicyclic) bond motifs is 2. The van der Waals surface area contributed by atoms with Crippen molar-refractivity contribution in [2.24, 2.45) is 0 Å². The minimum Gasteiger partial charge on any atom is -0.756 e. The third-order valence-electron chi connectivity index (χ3n) is 9.93. The van der Waals surface area contributed by atoms with Gasteiger partial charge in [-0.2, -0.15) is 26.3 Å². The van der Waals surface area contributed by atoms with Gasteiger partial charge in [-0.3, -0.25) is 28.5 Å². The summed E-state index contributed by atoms with van der Waals surface area (Å²) in [6.45, 7) is -1.31. The molecule has 27 heteroatoms. The van der Waals surface area contributed by atoms with Gasteiger partial charge in [0.1, 0.15) is 12.2 Å². The first-order chi connectivity index (χ1) is 30.8. The maximum absolute atomic E-state index is 13.4. The number of ether oxygens (including phenoxy) is 2. The molecule has 0 bridgehead atoms. The number of hydrogen-bond acceptors (Lipinski definition) is 11. The Morgan fingerprint density at radius 3 is 1.39 bits per heavy atom. The van der Waals surface area contributed by atoms with Crippen LogP contribution in [-0.4, -0.2) is 75.3 Å². The molecule has 2 amide bonds. The Bertz CT molecular complexity index is 2880. The van der Waals surface area contributed by atoms with Crippen LogP contribution in [0.15, 0.2) is 107 Å². The Hall–Kier alpha value is -4.72. The molecule has 0 saturated carbocycles. The van der Waals surface area contributed by atoms with Gasteiger partial charge in [0.15, 0.2) is 0 Å². The summed E-state index contributed by atoms with van der Waals surface area (Å²) >= 11 is 0. The SMILES string of the molecule is O=C1O[C@H](COP(=O)(O)O)CN1c1ccc2cc(-c3ccccc3C(F)(F)F)[nH]c(=O)c2c1.O=C1O[C@H](COP(=O)([O-])O)CN1c1ccc2cc(-c3ccccc3C(F)(F)F)[nH]c(=O)c2c1.[K+]. The van der Waals surface area contributed by atoms with E-state index >= 15 is 0 Å². The molecule has 2 fully saturated rings. The predicted octanol–water partition coefficient (Wildman–Crippen LogP) is 3.67. The molecular formula is C40H31F6KN4O14P2. The number of rotatable bonds is 10. The van der Waals surface area contributed by atoms with Crippen LogP contribution in [0.3, 0.4) is 0 Å². The van der Waals surface area contributed by atoms with Gasteiger partial charge in [0, 0.05) is 44.7 Å². The number of carbonyl (C=O) groups is 2. The molecule has 0 spiro atoms. The fourth-order valence-electron chi connectivity index (χ4n) is 7.05. The van der Waals surface area contributed by atoms with Crippen LogP contribution >= 0.6 is 15.6 Å². The molecule has 1 unspecified atom stereocenters. The summed E-state index contributed by atoms with van der Waals surface area (Å²) in [5.41, 5.74) is -2.98. The monoisotopic (exact) mass is 1010 g/mol. The molecule has 4 heterocycles. The number of nitrogens with zero attached hydrogens (tertiary/aromatic N) is 2. The van der Waals surface area contributed by atoms with Gasteiger partial charge in [-0.25, -0.2) is 14.2 Å². The van der Waals surface area contributed by atoms with E-state index in [0.29, 0.717) is 10.8 Å². The Morgan fingerprint density at radius 2 is 1.01 bits per heavy atom. The number of anilines is 2. The third-order valence-corrected chi connectivity index (χ3v) is 10.9. The molecule has 2 aromatic heterocycles. The summed E-state index contributed by atoms with van der Waals surface area (Å²) in [6.07, 6.45) is -12.8. The van der Waals surface area contributed by atoms with Crippen molar-refractivity contribution < 1.29 is 135 Å². The number of benzene rings is 4. The van der Waals surface area contributed by atoms with Crippen molar-refractivity contribution >= 4 is 60.8 Å². The molecule has 8 rings (SSSR count). The van der Waals surface area contributed by atoms with Crippen LogP contribution < -0.4 is 77.2 Å². The molecule has 2 aliphatic rings. The quantitative estimate of drug-likeness (QED) is 0.0746. The second-order valence-corrected chi connectivity index (χ2v) is 16.9. The molecule has 3 atom stereocenters. The van der Waals surface area contributed by atoms with Gasteiger partial charge in [-0.05, 0) is 59.3 Å². The number of alkyl halides is 6. The van der Waals surface area contributed by atoms with Crippen LogP contribution in [0.5, 0.6) is 0 Å². The third kappa shape index (κ3) is 12.5. The number of phosphoric acid groups is 2. The minimum atomic E-state index is -4.99. The normalized spacial score (nSPS) is 17.4. The van der Waals surface area contributed by atoms with E-state index in [1.54, 1.807) is 0 Å². The van der Waals surface area contributed by atoms with Crippen LogP contribution in [0.1, 0.15) is 11.1 Å². The standard InChI is InChI=1S/2C20H16F3N2O7P.K/c2*21-20(22,23)16-4-2-1-3-14(16)17-7-11-5-6-12(8-15(11)18(26)24-17)25-9-13(32-19(25)27)10-31-33(28,29)30;/h2*1-8,13H,9-10H2,(H,24,26)(H2,28,29,30);/q;;+1/p-1/t2*13-;/m00./s1. The van der Waals surface area contributed by atoms with Crippen molar-refractivity contribution in [2.75, 3.05) is 36.1 Å². The molecule has 5 N–H and O–H groups in total. The number of H-pyrrole nitrogens is 2. The van der Waals surface area contributed by atoms with E-state index in [0.717, 1.165) is 21.9 Å². The summed E-state index contributed by atoms with van der Waals surface area (Å²) in [5.74, 6) is 0. The number of nitrogens with one attached hydrogen (secondary N) is 2. The van der Waals surface area contributed by atoms with Crippen LogP contribution in [0.2, 0.25) is 0 Å². The molecule has 4 aromatic carbocycles. The summed E-state index contributed by atoms with van der Waals surface area (Å²) in [7, 11) is -9.73. The fraction of sp³-hybridized carbons (Fsp3) is 0.200. The molecule has 0 radical (unpaired) electrons. The van der Waals surface area contributed by atoms with E-state index in [4.69, 9.17) is 24.2 Å². The van der Waals surface area contributed by atoms with Crippen molar-refractivity contribution in [3.05, 3.63) is 129 Å². The van der Waals surface area contributed by atoms with Crippen LogP contribution in [0, 0.1) is 0 Å². The zero-order valence-corrected chi connectivity index (χ0v) is 39.0. The van der Waals surface area contributed by atoms with Gasteiger partial charge in [-0.15, -0.1) is 0 Å². The van der Waals surface area contributed by atoms with Crippen LogP contribution in [0.25, 0.3) is 44.1 Å². The minimum absolute atomic E-state index is 0. The Morgan fingerprint density at radius 1 is 0.627 bits per heavy atom. The summed E-state index contributed by atoms with van der Waals surface area (Å²) in [5, 5.41) is 0.939. The number of pyridine rings is 2. The van der Waals surface area contributed by atoms with E-state index < -0.39 is 87.9 Å². The first-order valence-electron chi connectivity index (χ1n) is 18.9. The van der Waals surface area contributed by atoms with E-state index in [9.17, 15) is 59.5 Å². The van der Waals surface area contributed by atoms with Gasteiger partial charge < -0.3 is 43.5 Å². The number of aromatic amines is 2. The molecule has 2 aliphatic heterocycles. The number of amides is 2. The largest absolute Gasteiger partial charge is 1.00 e. The van der Waals surface area contributed by atoms with Crippen LogP contribution in [-0.2, 0) is 40.0 Å². The Balaban J connectivity index is 0.000000218. The van der Waals surface area contributed by atoms with Crippen molar-refractivity contribution in [1.82, 2.24) is 9.97 Å². The average Bonchev–Trinajstić information content (AvgIpc) is 3.82. The summed E-state index contributed by atoms with van der Waals surface area (Å²) in [4.78, 5) is 93.8. The number of phosphoric ester groups is 2. The van der Waals surface area contributed by atoms with E-state index in [1.165, 1.54) is 84.9 Å². The second-order valence-electron chi connectivity index (χ2n) is 14.4. The smallest absolute Gasteiger partial charge is 0.756 e. The van der Waals surface area contributed by atoms with Crippen molar-refractivity contribution in [3.8, 4) is 22.5 Å². The van der Waals surface area contributed by atoms with Gasteiger partial charge in [0.2, 0.25) is 0 Å². The van der Waals surface area contributed by atoms with Crippen molar-refractivity contribution in [1.29, 1.82) is 0 Å². The summed E-state index contributed by atoms with van der Waals surface area (Å²) < 4.78 is 120. The number of halogens is 6. The number of carbonyl (C=O) groups excluding carboxylic acids is 2. The maximum Gasteiger partial charge on any atom is 1.00 e. The van der Waals surface area contributed by atoms with E-state index in [-0.39, 0.29) is 109 Å². The first-order valence-corrected chi connectivity index (χ1v) is 21.9. The average molecular weight is 1010 g/mol.